The summed E-state index contributed by atoms with van der Waals surface area (Å²) >= 11 is 0. The van der Waals surface area contributed by atoms with E-state index in [0.29, 0.717) is 24.4 Å². The molecule has 1 aliphatic carbocycles. The largest absolute Gasteiger partial charge is 0.364 e. The zero-order valence-electron chi connectivity index (χ0n) is 17.8. The Kier molecular flexibility index (Phi) is 4.46. The van der Waals surface area contributed by atoms with Gasteiger partial charge in [0.2, 0.25) is 11.9 Å². The van der Waals surface area contributed by atoms with Gasteiger partial charge in [-0.15, -0.1) is 0 Å². The van der Waals surface area contributed by atoms with Crippen molar-refractivity contribution in [2.45, 2.75) is 37.8 Å². The fourth-order valence-corrected chi connectivity index (χ4v) is 4.93. The lowest BCUT2D eigenvalue weighted by atomic mass is 10.1. The molecule has 2 aliphatic heterocycles. The summed E-state index contributed by atoms with van der Waals surface area (Å²) in [4.78, 5) is 40.7. The van der Waals surface area contributed by atoms with Gasteiger partial charge in [0.05, 0.1) is 11.9 Å². The second-order valence-electron chi connectivity index (χ2n) is 8.97. The van der Waals surface area contributed by atoms with E-state index in [-0.39, 0.29) is 41.4 Å². The third-order valence-corrected chi connectivity index (χ3v) is 6.65. The maximum atomic E-state index is 14.7. The van der Waals surface area contributed by atoms with E-state index in [1.807, 2.05) is 9.80 Å². The number of piperazine rings is 1. The van der Waals surface area contributed by atoms with E-state index in [1.165, 1.54) is 6.20 Å². The van der Waals surface area contributed by atoms with Crippen LogP contribution in [-0.4, -0.2) is 61.2 Å². The number of nitrogens with two attached hydrogens (primary N) is 1. The van der Waals surface area contributed by atoms with E-state index in [9.17, 15) is 14.0 Å². The maximum Gasteiger partial charge on any atom is 0.268 e. The number of imidazole rings is 1. The Labute approximate surface area is 188 Å². The van der Waals surface area contributed by atoms with Crippen LogP contribution in [0.5, 0.6) is 0 Å². The highest BCUT2D eigenvalue weighted by atomic mass is 19.1. The summed E-state index contributed by atoms with van der Waals surface area (Å²) in [6, 6.07) is 3.70. The Balaban J connectivity index is 1.22. The Morgan fingerprint density at radius 3 is 2.52 bits per heavy atom. The lowest BCUT2D eigenvalue weighted by molar-refractivity contribution is -0.135. The smallest absolute Gasteiger partial charge is 0.268 e. The number of primary amides is 1. The minimum Gasteiger partial charge on any atom is -0.364 e. The van der Waals surface area contributed by atoms with Crippen LogP contribution in [0.3, 0.4) is 0 Å². The first-order chi connectivity index (χ1) is 16.0. The summed E-state index contributed by atoms with van der Waals surface area (Å²) in [5, 5.41) is 3.08. The molecule has 3 aliphatic rings. The maximum absolute atomic E-state index is 14.7. The summed E-state index contributed by atoms with van der Waals surface area (Å²) < 4.78 is 16.4. The number of amides is 2. The highest BCUT2D eigenvalue weighted by Gasteiger charge is 2.47. The van der Waals surface area contributed by atoms with Gasteiger partial charge in [0.15, 0.2) is 11.6 Å². The third-order valence-electron chi connectivity index (χ3n) is 6.65. The van der Waals surface area contributed by atoms with Crippen LogP contribution in [0.2, 0.25) is 0 Å². The summed E-state index contributed by atoms with van der Waals surface area (Å²) in [6.07, 6.45) is 8.29. The summed E-state index contributed by atoms with van der Waals surface area (Å²) in [7, 11) is 0. The van der Waals surface area contributed by atoms with Crippen LogP contribution in [0.15, 0.2) is 30.7 Å². The molecule has 1 saturated carbocycles. The van der Waals surface area contributed by atoms with E-state index in [0.717, 1.165) is 31.9 Å². The van der Waals surface area contributed by atoms with Crippen LogP contribution in [0.25, 0.3) is 5.65 Å². The van der Waals surface area contributed by atoms with E-state index in [2.05, 4.69) is 20.3 Å². The molecule has 0 aromatic carbocycles. The predicted molar refractivity (Wildman–Crippen MR) is 118 cm³/mol. The molecule has 2 saturated heterocycles. The van der Waals surface area contributed by atoms with E-state index < -0.39 is 11.7 Å². The van der Waals surface area contributed by atoms with Gasteiger partial charge in [-0.05, 0) is 37.8 Å². The molecule has 0 radical (unpaired) electrons. The fourth-order valence-electron chi connectivity index (χ4n) is 4.93. The van der Waals surface area contributed by atoms with Gasteiger partial charge in [-0.25, -0.2) is 14.4 Å². The number of aromatic nitrogens is 4. The molecule has 3 N–H and O–H groups in total. The fraction of sp³-hybridized carbons (Fsp3) is 0.409. The SMILES string of the molecule is NC(=O)c1cn2cc(Nc3ncc(F)c(N4C[C@H]5CC[C@@H](C4)N5C(=O)C4CC4)n3)ccc2n1. The highest BCUT2D eigenvalue weighted by molar-refractivity contribution is 5.91. The Hall–Kier alpha value is -3.76. The Morgan fingerprint density at radius 1 is 1.06 bits per heavy atom. The topological polar surface area (TPSA) is 122 Å². The Morgan fingerprint density at radius 2 is 1.82 bits per heavy atom. The van der Waals surface area contributed by atoms with Crippen molar-refractivity contribution in [1.29, 1.82) is 0 Å². The molecule has 0 spiro atoms. The van der Waals surface area contributed by atoms with Crippen molar-refractivity contribution in [3.8, 4) is 0 Å². The van der Waals surface area contributed by atoms with E-state index in [4.69, 9.17) is 5.73 Å². The van der Waals surface area contributed by atoms with Crippen molar-refractivity contribution < 1.29 is 14.0 Å². The molecule has 10 nitrogen and oxygen atoms in total. The molecule has 2 atom stereocenters. The first-order valence-electron chi connectivity index (χ1n) is 11.1. The zero-order chi connectivity index (χ0) is 22.7. The van der Waals surface area contributed by atoms with Crippen LogP contribution < -0.4 is 16.0 Å². The van der Waals surface area contributed by atoms with Gasteiger partial charge < -0.3 is 25.3 Å². The Bertz CT molecular complexity index is 1260. The number of hydrogen-bond acceptors (Lipinski definition) is 7. The normalized spacial score (nSPS) is 22.1. The molecule has 2 bridgehead atoms. The molecule has 3 aromatic rings. The first kappa shape index (κ1) is 19.9. The van der Waals surface area contributed by atoms with Crippen molar-refractivity contribution in [1.82, 2.24) is 24.3 Å². The molecular formula is C22H23FN8O2. The number of nitrogens with one attached hydrogen (secondary N) is 1. The van der Waals surface area contributed by atoms with Crippen LogP contribution in [-0.2, 0) is 4.79 Å². The number of rotatable bonds is 5. The molecule has 0 unspecified atom stereocenters. The summed E-state index contributed by atoms with van der Waals surface area (Å²) in [6.45, 7) is 1.14. The van der Waals surface area contributed by atoms with Crippen molar-refractivity contribution in [2.24, 2.45) is 11.7 Å². The quantitative estimate of drug-likeness (QED) is 0.607. The third kappa shape index (κ3) is 3.53. The van der Waals surface area contributed by atoms with E-state index >= 15 is 0 Å². The minimum atomic E-state index is -0.604. The van der Waals surface area contributed by atoms with Gasteiger partial charge in [-0.3, -0.25) is 9.59 Å². The average molecular weight is 450 g/mol. The number of pyridine rings is 1. The van der Waals surface area contributed by atoms with Gasteiger partial charge in [0.25, 0.3) is 5.91 Å². The van der Waals surface area contributed by atoms with Crippen molar-refractivity contribution >= 4 is 34.9 Å². The van der Waals surface area contributed by atoms with Gasteiger partial charge in [0.1, 0.15) is 11.3 Å². The van der Waals surface area contributed by atoms with Crippen LogP contribution >= 0.6 is 0 Å². The molecule has 33 heavy (non-hydrogen) atoms. The van der Waals surface area contributed by atoms with Crippen molar-refractivity contribution in [3.63, 3.8) is 0 Å². The summed E-state index contributed by atoms with van der Waals surface area (Å²) in [5.74, 6) is -0.140. The van der Waals surface area contributed by atoms with Gasteiger partial charge in [-0.2, -0.15) is 4.98 Å². The first-order valence-corrected chi connectivity index (χ1v) is 11.1. The number of nitrogens with zero attached hydrogens (tertiary/aromatic N) is 6. The van der Waals surface area contributed by atoms with Gasteiger partial charge in [-0.1, -0.05) is 0 Å². The van der Waals surface area contributed by atoms with E-state index in [1.54, 1.807) is 22.7 Å². The predicted octanol–water partition coefficient (Wildman–Crippen LogP) is 1.70. The van der Waals surface area contributed by atoms with Crippen LogP contribution in [0.4, 0.5) is 21.8 Å². The van der Waals surface area contributed by atoms with Gasteiger partial charge in [0, 0.05) is 43.5 Å². The lowest BCUT2D eigenvalue weighted by Crippen LogP contribution is -2.56. The number of anilines is 3. The lowest BCUT2D eigenvalue weighted by Gasteiger charge is -2.41. The number of hydrogen-bond donors (Lipinski definition) is 2. The van der Waals surface area contributed by atoms with Crippen LogP contribution in [0.1, 0.15) is 36.2 Å². The molecule has 3 aromatic heterocycles. The molecule has 3 fully saturated rings. The number of carbonyl (C=O) groups excluding carboxylic acids is 2. The molecule has 6 rings (SSSR count). The minimum absolute atomic E-state index is 0.103. The standard InChI is InChI=1S/C22H23FN8O2/c23-16-7-25-22(26-13-3-6-18-27-17(19(24)32)11-29(18)8-13)28-20(16)30-9-14-4-5-15(10-30)31(14)21(33)12-1-2-12/h3,6-8,11-12,14-15H,1-2,4-5,9-10H2,(H2,24,32)(H,25,26,28)/t14-,15+. The second-order valence-corrected chi connectivity index (χ2v) is 8.97. The monoisotopic (exact) mass is 450 g/mol. The number of halogens is 1. The highest BCUT2D eigenvalue weighted by Crippen LogP contribution is 2.39. The molecular weight excluding hydrogens is 427 g/mol. The zero-order valence-corrected chi connectivity index (χ0v) is 17.8. The van der Waals surface area contributed by atoms with Crippen LogP contribution in [0, 0.1) is 11.7 Å². The molecule has 11 heteroatoms. The molecule has 2 amide bonds. The molecule has 170 valence electrons. The average Bonchev–Trinajstić information content (AvgIpc) is 3.50. The number of carbonyl (C=O) groups is 2. The van der Waals surface area contributed by atoms with Gasteiger partial charge >= 0.3 is 0 Å². The second kappa shape index (κ2) is 7.39. The number of fused-ring (bicyclic) bond motifs is 3. The van der Waals surface area contributed by atoms with Crippen molar-refractivity contribution in [3.05, 3.63) is 42.2 Å². The van der Waals surface area contributed by atoms with Crippen molar-refractivity contribution in [2.75, 3.05) is 23.3 Å². The molecule has 5 heterocycles. The summed E-state index contributed by atoms with van der Waals surface area (Å²) in [5.41, 5.74) is 6.68.